The number of carbonyl (C=O) groups is 2. The van der Waals surface area contributed by atoms with Gasteiger partial charge < -0.3 is 15.2 Å². The van der Waals surface area contributed by atoms with E-state index in [1.54, 1.807) is 0 Å². The van der Waals surface area contributed by atoms with E-state index in [2.05, 4.69) is 5.32 Å². The average molecular weight is 314 g/mol. The predicted molar refractivity (Wildman–Crippen MR) is 77.6 cm³/mol. The first-order chi connectivity index (χ1) is 9.59. The summed E-state index contributed by atoms with van der Waals surface area (Å²) < 4.78 is 5.78. The van der Waals surface area contributed by atoms with Crippen LogP contribution in [0.3, 0.4) is 0 Å². The van der Waals surface area contributed by atoms with Crippen molar-refractivity contribution in [2.45, 2.75) is 0 Å². The minimum absolute atomic E-state index is 0.139. The first-order valence-electron chi connectivity index (χ1n) is 5.84. The van der Waals surface area contributed by atoms with Crippen LogP contribution in [-0.4, -0.2) is 36.7 Å². The van der Waals surface area contributed by atoms with Crippen molar-refractivity contribution >= 4 is 44.9 Å². The highest BCUT2D eigenvalue weighted by atomic mass is 35.5. The van der Waals surface area contributed by atoms with E-state index >= 15 is 0 Å². The van der Waals surface area contributed by atoms with Crippen molar-refractivity contribution in [1.29, 1.82) is 0 Å². The molecular weight excluding hydrogens is 302 g/mol. The van der Waals surface area contributed by atoms with Gasteiger partial charge in [-0.1, -0.05) is 29.8 Å². The molecule has 0 spiro atoms. The number of carbonyl (C=O) groups excluding carboxylic acids is 1. The van der Waals surface area contributed by atoms with Crippen LogP contribution < -0.4 is 5.32 Å². The van der Waals surface area contributed by atoms with Crippen molar-refractivity contribution in [1.82, 2.24) is 5.32 Å². The summed E-state index contributed by atoms with van der Waals surface area (Å²) in [7, 11) is 0. The SMILES string of the molecule is O=C(O)COCCNC(=O)c1sc2ccccc2c1Cl. The van der Waals surface area contributed by atoms with Gasteiger partial charge in [0.05, 0.1) is 11.6 Å². The van der Waals surface area contributed by atoms with Gasteiger partial charge >= 0.3 is 5.97 Å². The molecule has 1 aromatic carbocycles. The first kappa shape index (κ1) is 14.8. The zero-order valence-electron chi connectivity index (χ0n) is 10.4. The molecule has 1 aromatic heterocycles. The summed E-state index contributed by atoms with van der Waals surface area (Å²) >= 11 is 7.50. The van der Waals surface area contributed by atoms with Gasteiger partial charge in [0.1, 0.15) is 11.5 Å². The summed E-state index contributed by atoms with van der Waals surface area (Å²) in [4.78, 5) is 22.7. The maximum Gasteiger partial charge on any atom is 0.329 e. The second kappa shape index (κ2) is 6.69. The Bertz CT molecular complexity index is 640. The van der Waals surface area contributed by atoms with Crippen molar-refractivity contribution in [2.24, 2.45) is 0 Å². The van der Waals surface area contributed by atoms with Crippen molar-refractivity contribution in [3.8, 4) is 0 Å². The molecule has 0 fully saturated rings. The van der Waals surface area contributed by atoms with Crippen LogP contribution in [0.2, 0.25) is 5.02 Å². The van der Waals surface area contributed by atoms with E-state index in [0.29, 0.717) is 9.90 Å². The van der Waals surface area contributed by atoms with Gasteiger partial charge in [-0.05, 0) is 6.07 Å². The molecule has 2 N–H and O–H groups in total. The predicted octanol–water partition coefficient (Wildman–Crippen LogP) is 2.39. The molecule has 0 saturated carbocycles. The van der Waals surface area contributed by atoms with E-state index in [4.69, 9.17) is 21.4 Å². The molecule has 0 aliphatic rings. The van der Waals surface area contributed by atoms with E-state index in [0.717, 1.165) is 10.1 Å². The summed E-state index contributed by atoms with van der Waals surface area (Å²) in [5.41, 5.74) is 0. The van der Waals surface area contributed by atoms with E-state index in [1.807, 2.05) is 24.3 Å². The second-order valence-corrected chi connectivity index (χ2v) is 5.37. The smallest absolute Gasteiger partial charge is 0.329 e. The number of rotatable bonds is 6. The molecule has 0 saturated heterocycles. The van der Waals surface area contributed by atoms with Crippen molar-refractivity contribution in [2.75, 3.05) is 19.8 Å². The third-order valence-corrected chi connectivity index (χ3v) is 4.17. The Labute approximate surface area is 124 Å². The highest BCUT2D eigenvalue weighted by molar-refractivity contribution is 7.21. The lowest BCUT2D eigenvalue weighted by Gasteiger charge is -2.04. The van der Waals surface area contributed by atoms with Gasteiger partial charge in [0.15, 0.2) is 0 Å². The molecule has 1 heterocycles. The number of amides is 1. The van der Waals surface area contributed by atoms with Crippen LogP contribution >= 0.6 is 22.9 Å². The molecule has 2 aromatic rings. The van der Waals surface area contributed by atoms with Gasteiger partial charge in [0, 0.05) is 16.6 Å². The summed E-state index contributed by atoms with van der Waals surface area (Å²) in [6, 6.07) is 7.51. The zero-order chi connectivity index (χ0) is 14.5. The Hall–Kier alpha value is -1.63. The lowest BCUT2D eigenvalue weighted by Crippen LogP contribution is -2.27. The number of hydrogen-bond donors (Lipinski definition) is 2. The first-order valence-corrected chi connectivity index (χ1v) is 7.04. The number of carboxylic acid groups (broad SMARTS) is 1. The van der Waals surface area contributed by atoms with E-state index < -0.39 is 5.97 Å². The molecule has 2 rings (SSSR count). The molecular formula is C13H12ClNO4S. The van der Waals surface area contributed by atoms with Crippen LogP contribution in [0.5, 0.6) is 0 Å². The largest absolute Gasteiger partial charge is 0.480 e. The molecule has 7 heteroatoms. The number of nitrogens with one attached hydrogen (secondary N) is 1. The highest BCUT2D eigenvalue weighted by Gasteiger charge is 2.16. The number of hydrogen-bond acceptors (Lipinski definition) is 4. The highest BCUT2D eigenvalue weighted by Crippen LogP contribution is 2.34. The third kappa shape index (κ3) is 3.47. The minimum atomic E-state index is -1.04. The zero-order valence-corrected chi connectivity index (χ0v) is 12.0. The van der Waals surface area contributed by atoms with Gasteiger partial charge in [-0.2, -0.15) is 0 Å². The summed E-state index contributed by atoms with van der Waals surface area (Å²) in [6.07, 6.45) is 0. The van der Waals surface area contributed by atoms with Crippen LogP contribution in [0.25, 0.3) is 10.1 Å². The van der Waals surface area contributed by atoms with Gasteiger partial charge in [-0.3, -0.25) is 4.79 Å². The van der Waals surface area contributed by atoms with E-state index in [9.17, 15) is 9.59 Å². The maximum atomic E-state index is 12.0. The van der Waals surface area contributed by atoms with Gasteiger partial charge in [-0.15, -0.1) is 11.3 Å². The standard InChI is InChI=1S/C13H12ClNO4S/c14-11-8-3-1-2-4-9(8)20-12(11)13(18)15-5-6-19-7-10(16)17/h1-4H,5-7H2,(H,15,18)(H,16,17). The molecule has 0 aliphatic carbocycles. The van der Waals surface area contributed by atoms with Crippen LogP contribution in [0, 0.1) is 0 Å². The Morgan fingerprint density at radius 2 is 2.10 bits per heavy atom. The number of fused-ring (bicyclic) bond motifs is 1. The van der Waals surface area contributed by atoms with Crippen molar-refractivity contribution < 1.29 is 19.4 Å². The van der Waals surface area contributed by atoms with Crippen molar-refractivity contribution in [3.05, 3.63) is 34.2 Å². The van der Waals surface area contributed by atoms with Gasteiger partial charge in [0.2, 0.25) is 0 Å². The Balaban J connectivity index is 1.94. The van der Waals surface area contributed by atoms with Crippen molar-refractivity contribution in [3.63, 3.8) is 0 Å². The third-order valence-electron chi connectivity index (χ3n) is 2.50. The minimum Gasteiger partial charge on any atom is -0.480 e. The fourth-order valence-electron chi connectivity index (χ4n) is 1.64. The molecule has 0 unspecified atom stereocenters. The number of ether oxygens (including phenoxy) is 1. The fourth-order valence-corrected chi connectivity index (χ4v) is 3.07. The molecule has 5 nitrogen and oxygen atoms in total. The van der Waals surface area contributed by atoms with Crippen LogP contribution in [0.1, 0.15) is 9.67 Å². The molecule has 1 amide bonds. The molecule has 0 atom stereocenters. The summed E-state index contributed by atoms with van der Waals surface area (Å²) in [5, 5.41) is 12.3. The van der Waals surface area contributed by atoms with E-state index in [1.165, 1.54) is 11.3 Å². The Kier molecular flexibility index (Phi) is 4.94. The van der Waals surface area contributed by atoms with Crippen LogP contribution in [0.15, 0.2) is 24.3 Å². The topological polar surface area (TPSA) is 75.6 Å². The quantitative estimate of drug-likeness (QED) is 0.803. The molecule has 0 radical (unpaired) electrons. The van der Waals surface area contributed by atoms with Crippen LogP contribution in [0.4, 0.5) is 0 Å². The number of halogens is 1. The van der Waals surface area contributed by atoms with Crippen LogP contribution in [-0.2, 0) is 9.53 Å². The average Bonchev–Trinajstić information content (AvgIpc) is 2.76. The lowest BCUT2D eigenvalue weighted by molar-refractivity contribution is -0.142. The fraction of sp³-hybridized carbons (Fsp3) is 0.231. The molecule has 0 bridgehead atoms. The Morgan fingerprint density at radius 1 is 1.35 bits per heavy atom. The normalized spacial score (nSPS) is 10.7. The molecule has 106 valence electrons. The summed E-state index contributed by atoms with van der Waals surface area (Å²) in [5.74, 6) is -1.32. The Morgan fingerprint density at radius 3 is 2.80 bits per heavy atom. The number of aliphatic carboxylic acids is 1. The number of carboxylic acids is 1. The second-order valence-electron chi connectivity index (χ2n) is 3.94. The monoisotopic (exact) mass is 313 g/mol. The number of thiophene rings is 1. The molecule has 0 aliphatic heterocycles. The van der Waals surface area contributed by atoms with Gasteiger partial charge in [-0.25, -0.2) is 4.79 Å². The van der Waals surface area contributed by atoms with E-state index in [-0.39, 0.29) is 25.7 Å². The maximum absolute atomic E-state index is 12.0. The summed E-state index contributed by atoms with van der Waals surface area (Å²) in [6.45, 7) is -0.00322. The number of benzene rings is 1. The van der Waals surface area contributed by atoms with Gasteiger partial charge in [0.25, 0.3) is 5.91 Å². The lowest BCUT2D eigenvalue weighted by atomic mass is 10.2. The molecule has 20 heavy (non-hydrogen) atoms.